The largest absolute Gasteiger partial charge is 0.512 e. The molecule has 0 rings (SSSR count). The number of hydrogen-bond acceptors (Lipinski definition) is 4. The van der Waals surface area contributed by atoms with Gasteiger partial charge in [-0.2, -0.15) is 26.3 Å². The molecule has 5 nitrogen and oxygen atoms in total. The van der Waals surface area contributed by atoms with Crippen molar-refractivity contribution in [2.45, 2.75) is 76.2 Å². The Morgan fingerprint density at radius 2 is 1.00 bits per heavy atom. The van der Waals surface area contributed by atoms with Gasteiger partial charge in [0.2, 0.25) is 0 Å². The van der Waals surface area contributed by atoms with Gasteiger partial charge in [-0.15, -0.1) is 0 Å². The average molecular weight is 481 g/mol. The number of nitrogens with zero attached hydrogens (tertiary/aromatic N) is 1. The summed E-state index contributed by atoms with van der Waals surface area (Å²) in [5.41, 5.74) is -12.3. The summed E-state index contributed by atoms with van der Waals surface area (Å²) in [6.45, 7) is 3.57. The van der Waals surface area contributed by atoms with Crippen molar-refractivity contribution in [3.05, 3.63) is 0 Å². The van der Waals surface area contributed by atoms with E-state index in [0.717, 1.165) is 19.3 Å². The third-order valence-electron chi connectivity index (χ3n) is 3.77. The maximum Gasteiger partial charge on any atom is 0.512 e. The number of rotatable bonds is 13. The van der Waals surface area contributed by atoms with Crippen molar-refractivity contribution in [3.8, 4) is 0 Å². The molecular weight excluding hydrogens is 455 g/mol. The lowest BCUT2D eigenvalue weighted by Crippen LogP contribution is -2.47. The Kier molecular flexibility index (Phi) is 11.3. The first-order valence-electron chi connectivity index (χ1n) is 8.82. The summed E-state index contributed by atoms with van der Waals surface area (Å²) in [7, 11) is -16.2. The lowest BCUT2D eigenvalue weighted by molar-refractivity contribution is -0.0505. The zero-order valence-electron chi connectivity index (χ0n) is 15.7. The van der Waals surface area contributed by atoms with Gasteiger partial charge in [0.1, 0.15) is 0 Å². The average Bonchev–Trinajstić information content (AvgIpc) is 2.52. The van der Waals surface area contributed by atoms with E-state index in [2.05, 4.69) is 0 Å². The summed E-state index contributed by atoms with van der Waals surface area (Å²) in [5, 5.41) is 0. The summed E-state index contributed by atoms with van der Waals surface area (Å²) in [6, 6.07) is 0. The highest BCUT2D eigenvalue weighted by atomic mass is 32.3. The molecule has 0 saturated heterocycles. The van der Waals surface area contributed by atoms with Crippen LogP contribution in [0.4, 0.5) is 26.3 Å². The number of halogens is 6. The lowest BCUT2D eigenvalue weighted by atomic mass is 10.1. The molecule has 28 heavy (non-hydrogen) atoms. The molecule has 0 aliphatic carbocycles. The second-order valence-corrected chi connectivity index (χ2v) is 12.8. The van der Waals surface area contributed by atoms with Gasteiger partial charge in [0.05, 0.1) is 0 Å². The number of unbranched alkanes of at least 4 members (excludes halogenated alkanes) is 6. The van der Waals surface area contributed by atoms with E-state index in [1.54, 1.807) is 6.92 Å². The SMILES string of the molecule is CCCCCCCCP(CCCC)N(S(=O)(=O)C(F)(F)F)S(=O)(=O)C(F)(F)F. The molecule has 0 aromatic rings. The number of alkyl halides is 6. The van der Waals surface area contributed by atoms with Gasteiger partial charge in [-0.3, -0.25) is 0 Å². The Hall–Kier alpha value is -0.130. The van der Waals surface area contributed by atoms with Gasteiger partial charge in [0.15, 0.2) is 0 Å². The minimum Gasteiger partial charge on any atom is -0.201 e. The highest BCUT2D eigenvalue weighted by molar-refractivity contribution is 8.11. The van der Waals surface area contributed by atoms with E-state index >= 15 is 0 Å². The van der Waals surface area contributed by atoms with Gasteiger partial charge in [0, 0.05) is 8.07 Å². The van der Waals surface area contributed by atoms with Gasteiger partial charge < -0.3 is 0 Å². The zero-order chi connectivity index (χ0) is 22.2. The molecule has 170 valence electrons. The maximum atomic E-state index is 13.0. The van der Waals surface area contributed by atoms with Crippen LogP contribution < -0.4 is 0 Å². The Morgan fingerprint density at radius 1 is 0.643 bits per heavy atom. The van der Waals surface area contributed by atoms with Crippen LogP contribution in [0.25, 0.3) is 0 Å². The Balaban J connectivity index is 5.86. The zero-order valence-corrected chi connectivity index (χ0v) is 18.2. The molecule has 0 aromatic heterocycles. The van der Waals surface area contributed by atoms with Crippen molar-refractivity contribution >= 4 is 28.1 Å². The van der Waals surface area contributed by atoms with E-state index in [-0.39, 0.29) is 25.2 Å². The van der Waals surface area contributed by atoms with Crippen LogP contribution in [-0.4, -0.2) is 43.7 Å². The molecule has 0 bridgehead atoms. The van der Waals surface area contributed by atoms with E-state index in [0.29, 0.717) is 19.3 Å². The van der Waals surface area contributed by atoms with Gasteiger partial charge in [-0.25, -0.2) is 16.8 Å². The second kappa shape index (κ2) is 11.3. The summed E-state index contributed by atoms with van der Waals surface area (Å²) >= 11 is 0. The molecular formula is C14H26F6NO4PS2. The predicted octanol–water partition coefficient (Wildman–Crippen LogP) is 5.55. The smallest absolute Gasteiger partial charge is 0.201 e. The molecule has 0 N–H and O–H groups in total. The van der Waals surface area contributed by atoms with Crippen molar-refractivity contribution in [2.75, 3.05) is 12.3 Å². The van der Waals surface area contributed by atoms with Gasteiger partial charge in [0.25, 0.3) is 0 Å². The minimum absolute atomic E-state index is 0.110. The molecule has 1 atom stereocenters. The Bertz CT molecular complexity index is 620. The summed E-state index contributed by atoms with van der Waals surface area (Å²) in [5.74, 6) is 0. The third-order valence-corrected chi connectivity index (χ3v) is 11.7. The van der Waals surface area contributed by atoms with Crippen LogP contribution in [0.2, 0.25) is 0 Å². The molecule has 0 saturated carbocycles. The quantitative estimate of drug-likeness (QED) is 0.197. The topological polar surface area (TPSA) is 71.5 Å². The summed E-state index contributed by atoms with van der Waals surface area (Å²) < 4.78 is 124. The molecule has 0 radical (unpaired) electrons. The van der Waals surface area contributed by atoms with Crippen molar-refractivity contribution in [3.63, 3.8) is 0 Å². The number of sulfonamides is 2. The molecule has 0 aromatic carbocycles. The molecule has 0 amide bonds. The van der Waals surface area contributed by atoms with Gasteiger partial charge >= 0.3 is 31.1 Å². The first-order chi connectivity index (χ1) is 12.6. The molecule has 0 heterocycles. The molecule has 0 spiro atoms. The molecule has 0 aliphatic rings. The first-order valence-corrected chi connectivity index (χ1v) is 13.4. The van der Waals surface area contributed by atoms with Crippen LogP contribution in [0.5, 0.6) is 0 Å². The second-order valence-electron chi connectivity index (χ2n) is 6.15. The first kappa shape index (κ1) is 27.9. The van der Waals surface area contributed by atoms with Crippen molar-refractivity contribution in [2.24, 2.45) is 0 Å². The van der Waals surface area contributed by atoms with E-state index in [1.165, 1.54) is 0 Å². The van der Waals surface area contributed by atoms with Crippen LogP contribution in [0.15, 0.2) is 0 Å². The predicted molar refractivity (Wildman–Crippen MR) is 96.7 cm³/mol. The lowest BCUT2D eigenvalue weighted by Gasteiger charge is -2.31. The van der Waals surface area contributed by atoms with Crippen molar-refractivity contribution in [1.82, 2.24) is 3.48 Å². The molecule has 14 heteroatoms. The van der Waals surface area contributed by atoms with Crippen molar-refractivity contribution in [1.29, 1.82) is 0 Å². The van der Waals surface area contributed by atoms with Crippen molar-refractivity contribution < 1.29 is 43.2 Å². The van der Waals surface area contributed by atoms with E-state index < -0.39 is 42.6 Å². The van der Waals surface area contributed by atoms with Crippen LogP contribution in [0, 0.1) is 0 Å². The maximum absolute atomic E-state index is 13.0. The molecule has 0 aliphatic heterocycles. The normalized spacial score (nSPS) is 15.2. The fraction of sp³-hybridized carbons (Fsp3) is 1.00. The van der Waals surface area contributed by atoms with Crippen LogP contribution >= 0.6 is 8.07 Å². The Morgan fingerprint density at radius 3 is 1.39 bits per heavy atom. The third kappa shape index (κ3) is 7.60. The Labute approximate surface area is 163 Å². The molecule has 0 fully saturated rings. The summed E-state index contributed by atoms with van der Waals surface area (Å²) in [4.78, 5) is 0. The van der Waals surface area contributed by atoms with E-state index in [4.69, 9.17) is 0 Å². The standard InChI is InChI=1S/C14H26F6NO4PS2/c1-3-5-7-8-9-10-12-26(11-6-4-2)21(27(22,23)13(15,16)17)28(24,25)14(18,19)20/h3-12H2,1-2H3. The summed E-state index contributed by atoms with van der Waals surface area (Å²) in [6.07, 6.45) is 3.76. The number of hydrogen-bond donors (Lipinski definition) is 0. The van der Waals surface area contributed by atoms with Crippen LogP contribution in [-0.2, 0) is 20.0 Å². The van der Waals surface area contributed by atoms with E-state index in [1.807, 2.05) is 6.92 Å². The van der Waals surface area contributed by atoms with Gasteiger partial charge in [-0.1, -0.05) is 55.9 Å². The van der Waals surface area contributed by atoms with Gasteiger partial charge in [-0.05, 0) is 25.2 Å². The van der Waals surface area contributed by atoms with E-state index in [9.17, 15) is 43.2 Å². The fourth-order valence-electron chi connectivity index (χ4n) is 2.30. The highest BCUT2D eigenvalue weighted by Gasteiger charge is 2.63. The highest BCUT2D eigenvalue weighted by Crippen LogP contribution is 2.52. The fourth-order valence-corrected chi connectivity index (χ4v) is 9.98. The molecule has 1 unspecified atom stereocenters. The van der Waals surface area contributed by atoms with Crippen LogP contribution in [0.3, 0.4) is 0 Å². The van der Waals surface area contributed by atoms with Crippen LogP contribution in [0.1, 0.15) is 65.2 Å². The monoisotopic (exact) mass is 481 g/mol. The minimum atomic E-state index is -6.71.